The molecule has 0 radical (unpaired) electrons. The standard InChI is InChI=1S/C34H50O9/c1-6-7-8-9-10-11-12-13-14-15-16-17-25(36)42-28-26-29-32(20-35,43-29)30(38)34(41)24(18-22(4)27(34)37)33(26,40)23(5)19-31(28,39)21(2)3/h14-18,23-24,26,28-30,35,38-41H,2,6-13,19-20H2,1,3-5H3/b15-14+,17-16+/t23-,24?,26?,28-,29+,30-,31-,32+,33+,34-/m1/s1. The van der Waals surface area contributed by atoms with Crippen LogP contribution in [-0.4, -0.2) is 84.6 Å². The lowest BCUT2D eigenvalue weighted by Crippen LogP contribution is -2.71. The van der Waals surface area contributed by atoms with Crippen LogP contribution in [0.15, 0.2) is 48.1 Å². The minimum absolute atomic E-state index is 0.0993. The van der Waals surface area contributed by atoms with Gasteiger partial charge in [-0.15, -0.1) is 0 Å². The number of carbonyl (C=O) groups is 2. The third-order valence-corrected chi connectivity index (χ3v) is 10.5. The smallest absolute Gasteiger partial charge is 0.331 e. The monoisotopic (exact) mass is 602 g/mol. The van der Waals surface area contributed by atoms with E-state index in [2.05, 4.69) is 13.5 Å². The van der Waals surface area contributed by atoms with Crippen molar-refractivity contribution >= 4 is 11.8 Å². The molecule has 1 heterocycles. The first-order valence-corrected chi connectivity index (χ1v) is 15.8. The second-order valence-corrected chi connectivity index (χ2v) is 13.3. The maximum Gasteiger partial charge on any atom is 0.331 e. The Morgan fingerprint density at radius 3 is 2.42 bits per heavy atom. The Balaban J connectivity index is 1.57. The summed E-state index contributed by atoms with van der Waals surface area (Å²) in [7, 11) is 0. The average Bonchev–Trinajstić information content (AvgIpc) is 3.65. The number of hydrogen-bond donors (Lipinski definition) is 5. The van der Waals surface area contributed by atoms with Gasteiger partial charge in [-0.3, -0.25) is 4.79 Å². The molecule has 3 aliphatic carbocycles. The molecule has 2 saturated carbocycles. The van der Waals surface area contributed by atoms with Crippen LogP contribution in [0.3, 0.4) is 0 Å². The number of rotatable bonds is 13. The van der Waals surface area contributed by atoms with Crippen LogP contribution in [0.1, 0.15) is 85.5 Å². The highest BCUT2D eigenvalue weighted by Gasteiger charge is 2.83. The topological polar surface area (TPSA) is 157 Å². The summed E-state index contributed by atoms with van der Waals surface area (Å²) in [5.41, 5.74) is -7.60. The van der Waals surface area contributed by atoms with Crippen molar-refractivity contribution in [3.8, 4) is 0 Å². The third-order valence-electron chi connectivity index (χ3n) is 10.5. The molecule has 4 aliphatic rings. The predicted octanol–water partition coefficient (Wildman–Crippen LogP) is 3.23. The van der Waals surface area contributed by atoms with E-state index in [1.165, 1.54) is 51.2 Å². The van der Waals surface area contributed by atoms with Gasteiger partial charge in [-0.05, 0) is 50.2 Å². The number of fused-ring (bicyclic) bond motifs is 5. The molecule has 0 bridgehead atoms. The maximum absolute atomic E-state index is 13.3. The van der Waals surface area contributed by atoms with Gasteiger partial charge in [0, 0.05) is 12.0 Å². The number of ether oxygens (including phenoxy) is 2. The maximum atomic E-state index is 13.3. The zero-order valence-corrected chi connectivity index (χ0v) is 26.0. The Morgan fingerprint density at radius 1 is 1.14 bits per heavy atom. The molecule has 0 aromatic carbocycles. The second kappa shape index (κ2) is 12.7. The number of hydrogen-bond acceptors (Lipinski definition) is 9. The first kappa shape index (κ1) is 33.7. The highest BCUT2D eigenvalue weighted by Crippen LogP contribution is 2.65. The lowest BCUT2D eigenvalue weighted by atomic mass is 9.54. The van der Waals surface area contributed by atoms with E-state index in [0.717, 1.165) is 19.3 Å². The summed E-state index contributed by atoms with van der Waals surface area (Å²) in [5.74, 6) is -4.83. The molecule has 0 amide bonds. The van der Waals surface area contributed by atoms with Gasteiger partial charge in [-0.1, -0.05) is 83.3 Å². The van der Waals surface area contributed by atoms with Crippen molar-refractivity contribution in [1.82, 2.24) is 0 Å². The van der Waals surface area contributed by atoms with Gasteiger partial charge >= 0.3 is 5.97 Å². The molecule has 4 rings (SSSR count). The normalized spacial score (nSPS) is 41.9. The summed E-state index contributed by atoms with van der Waals surface area (Å²) in [6, 6.07) is 0. The minimum Gasteiger partial charge on any atom is -0.455 e. The van der Waals surface area contributed by atoms with Gasteiger partial charge in [0.25, 0.3) is 0 Å². The van der Waals surface area contributed by atoms with Crippen LogP contribution in [0.25, 0.3) is 0 Å². The molecule has 1 saturated heterocycles. The zero-order chi connectivity index (χ0) is 31.8. The number of unbranched alkanes of at least 4 members (excludes halogenated alkanes) is 7. The summed E-state index contributed by atoms with van der Waals surface area (Å²) < 4.78 is 11.7. The number of Topliss-reactive ketones (excluding diaryl/α,β-unsaturated/α-hetero) is 1. The number of allylic oxidation sites excluding steroid dienone is 3. The van der Waals surface area contributed by atoms with Crippen molar-refractivity contribution in [2.45, 2.75) is 126 Å². The van der Waals surface area contributed by atoms with Crippen molar-refractivity contribution < 1.29 is 44.6 Å². The molecule has 1 aliphatic heterocycles. The third kappa shape index (κ3) is 5.51. The lowest BCUT2D eigenvalue weighted by molar-refractivity contribution is -0.252. The summed E-state index contributed by atoms with van der Waals surface area (Å²) >= 11 is 0. The van der Waals surface area contributed by atoms with E-state index < -0.39 is 76.8 Å². The number of aliphatic hydroxyl groups excluding tert-OH is 2. The summed E-state index contributed by atoms with van der Waals surface area (Å²) in [5, 5.41) is 58.0. The molecule has 9 nitrogen and oxygen atoms in total. The molecule has 0 aromatic rings. The molecule has 240 valence electrons. The molecule has 9 heteroatoms. The van der Waals surface area contributed by atoms with Crippen molar-refractivity contribution in [2.24, 2.45) is 17.8 Å². The Bertz CT molecular complexity index is 1170. The molecular weight excluding hydrogens is 552 g/mol. The molecule has 3 fully saturated rings. The van der Waals surface area contributed by atoms with Gasteiger partial charge in [-0.2, -0.15) is 0 Å². The summed E-state index contributed by atoms with van der Waals surface area (Å²) in [6.45, 7) is 10.1. The average molecular weight is 603 g/mol. The largest absolute Gasteiger partial charge is 0.455 e. The number of aliphatic hydroxyl groups is 5. The quantitative estimate of drug-likeness (QED) is 0.0533. The Morgan fingerprint density at radius 2 is 1.79 bits per heavy atom. The van der Waals surface area contributed by atoms with Crippen molar-refractivity contribution in [3.63, 3.8) is 0 Å². The van der Waals surface area contributed by atoms with Crippen LogP contribution < -0.4 is 0 Å². The van der Waals surface area contributed by atoms with Crippen molar-refractivity contribution in [2.75, 3.05) is 6.61 Å². The molecule has 43 heavy (non-hydrogen) atoms. The number of carbonyl (C=O) groups excluding carboxylic acids is 2. The van der Waals surface area contributed by atoms with E-state index in [0.29, 0.717) is 5.57 Å². The van der Waals surface area contributed by atoms with Crippen molar-refractivity contribution in [3.05, 3.63) is 48.1 Å². The van der Waals surface area contributed by atoms with E-state index in [4.69, 9.17) is 9.47 Å². The van der Waals surface area contributed by atoms with E-state index in [1.807, 2.05) is 6.08 Å². The second-order valence-electron chi connectivity index (χ2n) is 13.3. The molecular formula is C34H50O9. The minimum atomic E-state index is -2.48. The summed E-state index contributed by atoms with van der Waals surface area (Å²) in [4.78, 5) is 26.4. The predicted molar refractivity (Wildman–Crippen MR) is 161 cm³/mol. The molecule has 0 spiro atoms. The van der Waals surface area contributed by atoms with Crippen LogP contribution in [0, 0.1) is 17.8 Å². The van der Waals surface area contributed by atoms with E-state index in [9.17, 15) is 35.1 Å². The fraction of sp³-hybridized carbons (Fsp3) is 0.706. The number of epoxide rings is 1. The fourth-order valence-corrected chi connectivity index (χ4v) is 7.89. The Labute approximate surface area is 255 Å². The van der Waals surface area contributed by atoms with E-state index in [1.54, 1.807) is 26.0 Å². The zero-order valence-electron chi connectivity index (χ0n) is 26.0. The Kier molecular flexibility index (Phi) is 9.96. The first-order valence-electron chi connectivity index (χ1n) is 15.8. The van der Waals surface area contributed by atoms with Gasteiger partial charge < -0.3 is 35.0 Å². The highest BCUT2D eigenvalue weighted by molar-refractivity contribution is 6.05. The highest BCUT2D eigenvalue weighted by atomic mass is 16.6. The van der Waals surface area contributed by atoms with E-state index in [-0.39, 0.29) is 12.0 Å². The van der Waals surface area contributed by atoms with Gasteiger partial charge in [0.05, 0.1) is 18.1 Å². The summed E-state index contributed by atoms with van der Waals surface area (Å²) in [6.07, 6.45) is 12.8. The van der Waals surface area contributed by atoms with Gasteiger partial charge in [0.2, 0.25) is 0 Å². The van der Waals surface area contributed by atoms with Crippen LogP contribution >= 0.6 is 0 Å². The lowest BCUT2D eigenvalue weighted by Gasteiger charge is -2.57. The fourth-order valence-electron chi connectivity index (χ4n) is 7.89. The molecule has 2 unspecified atom stereocenters. The van der Waals surface area contributed by atoms with Gasteiger partial charge in [-0.25, -0.2) is 4.79 Å². The van der Waals surface area contributed by atoms with Crippen LogP contribution in [0.5, 0.6) is 0 Å². The molecule has 5 N–H and O–H groups in total. The van der Waals surface area contributed by atoms with Crippen LogP contribution in [-0.2, 0) is 19.1 Å². The van der Waals surface area contributed by atoms with E-state index >= 15 is 0 Å². The van der Waals surface area contributed by atoms with Gasteiger partial charge in [0.15, 0.2) is 11.4 Å². The molecule has 10 atom stereocenters. The molecule has 0 aromatic heterocycles. The Hall–Kier alpha value is -2.14. The van der Waals surface area contributed by atoms with Crippen molar-refractivity contribution in [1.29, 1.82) is 0 Å². The number of ketones is 1. The first-order chi connectivity index (χ1) is 20.3. The van der Waals surface area contributed by atoms with Crippen LogP contribution in [0.2, 0.25) is 0 Å². The SMILES string of the molecule is C=C(C)[C@]1(O)C[C@@H](C)[C@@]2(O)C([C@H]1OC(=O)/C=C/C=C/CCCCCCCCC)[C@@H]1O[C@]1(CO)[C@@H](O)[C@]1(O)C(=O)C(C)=CC21. The number of esters is 1. The van der Waals surface area contributed by atoms with Crippen LogP contribution in [0.4, 0.5) is 0 Å². The van der Waals surface area contributed by atoms with Gasteiger partial charge in [0.1, 0.15) is 29.5 Å².